The smallest absolute Gasteiger partial charge is 0.262 e. The fourth-order valence-electron chi connectivity index (χ4n) is 2.61. The molecule has 0 aromatic carbocycles. The lowest BCUT2D eigenvalue weighted by molar-refractivity contribution is 0.695. The second-order valence-electron chi connectivity index (χ2n) is 4.99. The van der Waals surface area contributed by atoms with Gasteiger partial charge in [-0.2, -0.15) is 11.8 Å². The molecule has 1 aliphatic carbocycles. The molecule has 6 heteroatoms. The van der Waals surface area contributed by atoms with E-state index in [0.29, 0.717) is 0 Å². The van der Waals surface area contributed by atoms with Crippen LogP contribution < -0.4 is 5.56 Å². The van der Waals surface area contributed by atoms with Crippen LogP contribution in [0, 0.1) is 0 Å². The van der Waals surface area contributed by atoms with Crippen molar-refractivity contribution in [2.24, 2.45) is 7.05 Å². The van der Waals surface area contributed by atoms with Crippen molar-refractivity contribution in [1.29, 1.82) is 0 Å². The highest BCUT2D eigenvalue weighted by Gasteiger charge is 2.21. The van der Waals surface area contributed by atoms with E-state index in [4.69, 9.17) is 4.98 Å². The molecule has 2 aromatic rings. The molecule has 0 saturated carbocycles. The molecule has 0 saturated heterocycles. The minimum Gasteiger partial charge on any atom is -0.290 e. The average Bonchev–Trinajstić information content (AvgIpc) is 2.82. The van der Waals surface area contributed by atoms with Crippen molar-refractivity contribution in [2.75, 3.05) is 17.8 Å². The first kappa shape index (κ1) is 14.5. The summed E-state index contributed by atoms with van der Waals surface area (Å²) in [6.45, 7) is 0. The van der Waals surface area contributed by atoms with Crippen molar-refractivity contribution in [3.05, 3.63) is 20.8 Å². The van der Waals surface area contributed by atoms with Crippen LogP contribution in [-0.4, -0.2) is 27.3 Å². The van der Waals surface area contributed by atoms with Gasteiger partial charge >= 0.3 is 0 Å². The predicted molar refractivity (Wildman–Crippen MR) is 90.6 cm³/mol. The molecule has 3 rings (SSSR count). The number of aryl methyl sites for hydroxylation is 2. The minimum atomic E-state index is 0.140. The maximum Gasteiger partial charge on any atom is 0.262 e. The molecule has 0 fully saturated rings. The van der Waals surface area contributed by atoms with Crippen molar-refractivity contribution in [2.45, 2.75) is 30.8 Å². The van der Waals surface area contributed by atoms with Gasteiger partial charge in [0.1, 0.15) is 4.83 Å². The van der Waals surface area contributed by atoms with Crippen molar-refractivity contribution >= 4 is 45.1 Å². The zero-order valence-corrected chi connectivity index (χ0v) is 14.2. The van der Waals surface area contributed by atoms with Gasteiger partial charge in [-0.25, -0.2) is 4.98 Å². The molecule has 0 spiro atoms. The van der Waals surface area contributed by atoms with Crippen LogP contribution in [0.1, 0.15) is 23.3 Å². The molecule has 0 radical (unpaired) electrons. The Morgan fingerprint density at radius 1 is 1.30 bits per heavy atom. The molecule has 2 aromatic heterocycles. The van der Waals surface area contributed by atoms with Gasteiger partial charge in [-0.3, -0.25) is 9.36 Å². The van der Waals surface area contributed by atoms with Crippen LogP contribution in [0.15, 0.2) is 9.95 Å². The van der Waals surface area contributed by atoms with E-state index in [1.807, 2.05) is 18.8 Å². The van der Waals surface area contributed by atoms with E-state index < -0.39 is 0 Å². The van der Waals surface area contributed by atoms with Crippen LogP contribution >= 0.6 is 34.9 Å². The monoisotopic (exact) mass is 326 g/mol. The van der Waals surface area contributed by atoms with Gasteiger partial charge in [0.25, 0.3) is 5.56 Å². The van der Waals surface area contributed by atoms with Crippen LogP contribution in [0.5, 0.6) is 0 Å². The Balaban J connectivity index is 2.08. The summed E-state index contributed by atoms with van der Waals surface area (Å²) >= 11 is 5.24. The fourth-order valence-corrected chi connectivity index (χ4v) is 5.54. The third-order valence-electron chi connectivity index (χ3n) is 3.67. The molecule has 20 heavy (non-hydrogen) atoms. The van der Waals surface area contributed by atoms with Gasteiger partial charge in [0, 0.05) is 23.4 Å². The maximum atomic E-state index is 12.6. The molecular formula is C14H18N2OS3. The lowest BCUT2D eigenvalue weighted by Gasteiger charge is -2.10. The first-order valence-electron chi connectivity index (χ1n) is 6.85. The van der Waals surface area contributed by atoms with Crippen molar-refractivity contribution < 1.29 is 0 Å². The summed E-state index contributed by atoms with van der Waals surface area (Å²) in [5.41, 5.74) is 1.42. The number of hydrogen-bond acceptors (Lipinski definition) is 5. The summed E-state index contributed by atoms with van der Waals surface area (Å²) in [6.07, 6.45) is 6.71. The number of rotatable bonds is 4. The third-order valence-corrected chi connectivity index (χ3v) is 6.76. The van der Waals surface area contributed by atoms with Gasteiger partial charge in [-0.1, -0.05) is 11.8 Å². The zero-order chi connectivity index (χ0) is 14.1. The fraction of sp³-hybridized carbons (Fsp3) is 0.571. The minimum absolute atomic E-state index is 0.140. The zero-order valence-electron chi connectivity index (χ0n) is 11.8. The summed E-state index contributed by atoms with van der Waals surface area (Å²) < 4.78 is 1.73. The number of nitrogens with zero attached hydrogens (tertiary/aromatic N) is 2. The number of thiophene rings is 1. The van der Waals surface area contributed by atoms with Crippen LogP contribution in [-0.2, 0) is 19.9 Å². The lowest BCUT2D eigenvalue weighted by Crippen LogP contribution is -2.20. The van der Waals surface area contributed by atoms with Gasteiger partial charge < -0.3 is 0 Å². The van der Waals surface area contributed by atoms with E-state index in [0.717, 1.165) is 39.7 Å². The van der Waals surface area contributed by atoms with Gasteiger partial charge in [0.2, 0.25) is 0 Å². The van der Waals surface area contributed by atoms with Crippen LogP contribution in [0.25, 0.3) is 10.2 Å². The second-order valence-corrected chi connectivity index (χ2v) is 8.12. The molecular weight excluding hydrogens is 308 g/mol. The normalized spacial score (nSPS) is 14.7. The largest absolute Gasteiger partial charge is 0.290 e. The van der Waals surface area contributed by atoms with Crippen molar-refractivity contribution in [1.82, 2.24) is 9.55 Å². The molecule has 0 atom stereocenters. The van der Waals surface area contributed by atoms with E-state index >= 15 is 0 Å². The molecule has 2 heterocycles. The molecule has 0 aliphatic heterocycles. The number of fused-ring (bicyclic) bond motifs is 3. The predicted octanol–water partition coefficient (Wildman–Crippen LogP) is 3.33. The first-order chi connectivity index (χ1) is 9.72. The van der Waals surface area contributed by atoms with E-state index in [1.54, 1.807) is 27.7 Å². The highest BCUT2D eigenvalue weighted by molar-refractivity contribution is 8.02. The molecule has 108 valence electrons. The standard InChI is InChI=1S/C14H18N2OS3/c1-16-13(17)11-9-5-3-4-6-10(9)20-12(11)15-14(16)19-8-7-18-2/h3-8H2,1-2H3. The van der Waals surface area contributed by atoms with Crippen LogP contribution in [0.4, 0.5) is 0 Å². The number of hydrogen-bond donors (Lipinski definition) is 0. The topological polar surface area (TPSA) is 34.9 Å². The van der Waals surface area contributed by atoms with Gasteiger partial charge in [-0.15, -0.1) is 11.3 Å². The summed E-state index contributed by atoms with van der Waals surface area (Å²) in [5.74, 6) is 2.08. The lowest BCUT2D eigenvalue weighted by atomic mass is 9.97. The number of thioether (sulfide) groups is 2. The summed E-state index contributed by atoms with van der Waals surface area (Å²) in [6, 6.07) is 0. The number of aromatic nitrogens is 2. The van der Waals surface area contributed by atoms with Gasteiger partial charge in [0.15, 0.2) is 5.16 Å². The van der Waals surface area contributed by atoms with Crippen LogP contribution in [0.2, 0.25) is 0 Å². The third kappa shape index (κ3) is 2.53. The Bertz CT molecular complexity index is 690. The van der Waals surface area contributed by atoms with E-state index in [-0.39, 0.29) is 5.56 Å². The molecule has 0 amide bonds. The Morgan fingerprint density at radius 3 is 2.90 bits per heavy atom. The van der Waals surface area contributed by atoms with Gasteiger partial charge in [0.05, 0.1) is 5.39 Å². The quantitative estimate of drug-likeness (QED) is 0.490. The highest BCUT2D eigenvalue weighted by Crippen LogP contribution is 2.34. The van der Waals surface area contributed by atoms with Crippen molar-refractivity contribution in [3.63, 3.8) is 0 Å². The molecule has 0 N–H and O–H groups in total. The van der Waals surface area contributed by atoms with E-state index in [9.17, 15) is 4.79 Å². The van der Waals surface area contributed by atoms with Gasteiger partial charge in [-0.05, 0) is 37.5 Å². The molecule has 0 bridgehead atoms. The Morgan fingerprint density at radius 2 is 2.10 bits per heavy atom. The maximum absolute atomic E-state index is 12.6. The first-order valence-corrected chi connectivity index (χ1v) is 10.0. The molecule has 3 nitrogen and oxygen atoms in total. The molecule has 1 aliphatic rings. The second kappa shape index (κ2) is 6.12. The van der Waals surface area contributed by atoms with E-state index in [1.165, 1.54) is 23.3 Å². The SMILES string of the molecule is CSCCSc1nc2sc3c(c2c(=O)n1C)CCCC3. The highest BCUT2D eigenvalue weighted by atomic mass is 32.2. The Labute approximate surface area is 131 Å². The van der Waals surface area contributed by atoms with Crippen LogP contribution in [0.3, 0.4) is 0 Å². The summed E-state index contributed by atoms with van der Waals surface area (Å²) in [7, 11) is 1.85. The van der Waals surface area contributed by atoms with E-state index in [2.05, 4.69) is 6.26 Å². The van der Waals surface area contributed by atoms with Crippen molar-refractivity contribution in [3.8, 4) is 0 Å². The average molecular weight is 327 g/mol. The summed E-state index contributed by atoms with van der Waals surface area (Å²) in [5, 5.41) is 1.75. The Kier molecular flexibility index (Phi) is 4.43. The molecule has 0 unspecified atom stereocenters. The Hall–Kier alpha value is -0.460. The summed E-state index contributed by atoms with van der Waals surface area (Å²) in [4.78, 5) is 19.7.